The Bertz CT molecular complexity index is 918. The Morgan fingerprint density at radius 2 is 1.92 bits per heavy atom. The van der Waals surface area contributed by atoms with Gasteiger partial charge in [-0.3, -0.25) is 4.79 Å². The van der Waals surface area contributed by atoms with E-state index in [-0.39, 0.29) is 12.5 Å². The maximum Gasteiger partial charge on any atom is 0.260 e. The van der Waals surface area contributed by atoms with Crippen LogP contribution in [0.2, 0.25) is 0 Å². The van der Waals surface area contributed by atoms with Gasteiger partial charge in [-0.25, -0.2) is 0 Å². The highest BCUT2D eigenvalue weighted by Gasteiger charge is 2.29. The molecule has 2 heterocycles. The molecular formula is C21H22N2O3. The lowest BCUT2D eigenvalue weighted by atomic mass is 9.98. The summed E-state index contributed by atoms with van der Waals surface area (Å²) in [6, 6.07) is 15.7. The SMILES string of the molecule is COc1ccccc1OCC(=O)N1CCC(c2c[nH]c3ccccc23)C1. The van der Waals surface area contributed by atoms with Crippen LogP contribution < -0.4 is 9.47 Å². The van der Waals surface area contributed by atoms with Crippen LogP contribution >= 0.6 is 0 Å². The molecule has 1 saturated heterocycles. The number of H-pyrrole nitrogens is 1. The highest BCUT2D eigenvalue weighted by atomic mass is 16.5. The summed E-state index contributed by atoms with van der Waals surface area (Å²) < 4.78 is 10.9. The van der Waals surface area contributed by atoms with Crippen LogP contribution in [-0.2, 0) is 4.79 Å². The van der Waals surface area contributed by atoms with Crippen molar-refractivity contribution >= 4 is 16.8 Å². The summed E-state index contributed by atoms with van der Waals surface area (Å²) >= 11 is 0. The van der Waals surface area contributed by atoms with E-state index in [4.69, 9.17) is 9.47 Å². The number of likely N-dealkylation sites (tertiary alicyclic amines) is 1. The number of para-hydroxylation sites is 3. The van der Waals surface area contributed by atoms with Gasteiger partial charge in [0.25, 0.3) is 5.91 Å². The number of hydrogen-bond donors (Lipinski definition) is 1. The molecule has 1 amide bonds. The number of carbonyl (C=O) groups excluding carboxylic acids is 1. The molecule has 0 radical (unpaired) electrons. The summed E-state index contributed by atoms with van der Waals surface area (Å²) in [6.07, 6.45) is 3.05. The van der Waals surface area contributed by atoms with Crippen LogP contribution in [0.25, 0.3) is 10.9 Å². The molecule has 1 N–H and O–H groups in total. The van der Waals surface area contributed by atoms with Crippen molar-refractivity contribution in [3.05, 3.63) is 60.3 Å². The van der Waals surface area contributed by atoms with E-state index in [0.717, 1.165) is 25.0 Å². The first-order chi connectivity index (χ1) is 12.8. The number of rotatable bonds is 5. The van der Waals surface area contributed by atoms with Crippen molar-refractivity contribution in [3.8, 4) is 11.5 Å². The minimum Gasteiger partial charge on any atom is -0.493 e. The van der Waals surface area contributed by atoms with Crippen LogP contribution in [0.15, 0.2) is 54.7 Å². The fourth-order valence-corrected chi connectivity index (χ4v) is 3.64. The number of aromatic amines is 1. The Labute approximate surface area is 152 Å². The molecule has 5 heteroatoms. The fraction of sp³-hybridized carbons (Fsp3) is 0.286. The molecule has 1 unspecified atom stereocenters. The molecule has 0 bridgehead atoms. The molecule has 1 fully saturated rings. The topological polar surface area (TPSA) is 54.6 Å². The Kier molecular flexibility index (Phi) is 4.52. The van der Waals surface area contributed by atoms with Crippen LogP contribution in [-0.4, -0.2) is 42.6 Å². The van der Waals surface area contributed by atoms with Gasteiger partial charge in [-0.1, -0.05) is 30.3 Å². The normalized spacial score (nSPS) is 16.8. The number of aromatic nitrogens is 1. The molecule has 2 aromatic carbocycles. The molecule has 0 saturated carbocycles. The van der Waals surface area contributed by atoms with Crippen molar-refractivity contribution in [2.24, 2.45) is 0 Å². The van der Waals surface area contributed by atoms with Crippen molar-refractivity contribution in [2.75, 3.05) is 26.8 Å². The Balaban J connectivity index is 1.40. The number of nitrogens with zero attached hydrogens (tertiary/aromatic N) is 1. The van der Waals surface area contributed by atoms with Gasteiger partial charge in [0.2, 0.25) is 0 Å². The van der Waals surface area contributed by atoms with Crippen LogP contribution in [0, 0.1) is 0 Å². The van der Waals surface area contributed by atoms with E-state index in [1.165, 1.54) is 10.9 Å². The van der Waals surface area contributed by atoms with Gasteiger partial charge in [-0.2, -0.15) is 0 Å². The van der Waals surface area contributed by atoms with Crippen molar-refractivity contribution in [1.29, 1.82) is 0 Å². The molecule has 1 aromatic heterocycles. The smallest absolute Gasteiger partial charge is 0.260 e. The number of benzene rings is 2. The summed E-state index contributed by atoms with van der Waals surface area (Å²) in [5, 5.41) is 1.25. The minimum absolute atomic E-state index is 0.0123. The largest absolute Gasteiger partial charge is 0.493 e. The number of carbonyl (C=O) groups is 1. The first kappa shape index (κ1) is 16.5. The zero-order valence-electron chi connectivity index (χ0n) is 14.8. The lowest BCUT2D eigenvalue weighted by molar-refractivity contribution is -0.132. The molecule has 4 rings (SSSR count). The fourth-order valence-electron chi connectivity index (χ4n) is 3.64. The van der Waals surface area contributed by atoms with Crippen molar-refractivity contribution in [3.63, 3.8) is 0 Å². The first-order valence-electron chi connectivity index (χ1n) is 8.86. The molecule has 0 aliphatic carbocycles. The molecule has 1 aliphatic heterocycles. The highest BCUT2D eigenvalue weighted by molar-refractivity contribution is 5.84. The third-order valence-electron chi connectivity index (χ3n) is 5.02. The van der Waals surface area contributed by atoms with Gasteiger partial charge in [0.15, 0.2) is 18.1 Å². The van der Waals surface area contributed by atoms with E-state index in [1.807, 2.05) is 35.2 Å². The van der Waals surface area contributed by atoms with Crippen molar-refractivity contribution in [2.45, 2.75) is 12.3 Å². The van der Waals surface area contributed by atoms with E-state index in [2.05, 4.69) is 29.4 Å². The molecule has 3 aromatic rings. The van der Waals surface area contributed by atoms with Gasteiger partial charge in [0, 0.05) is 36.1 Å². The maximum absolute atomic E-state index is 12.5. The maximum atomic E-state index is 12.5. The van der Waals surface area contributed by atoms with Crippen LogP contribution in [0.5, 0.6) is 11.5 Å². The third-order valence-corrected chi connectivity index (χ3v) is 5.02. The van der Waals surface area contributed by atoms with Crippen molar-refractivity contribution < 1.29 is 14.3 Å². The predicted molar refractivity (Wildman–Crippen MR) is 101 cm³/mol. The number of ether oxygens (including phenoxy) is 2. The number of methoxy groups -OCH3 is 1. The summed E-state index contributed by atoms with van der Waals surface area (Å²) in [7, 11) is 1.59. The highest BCUT2D eigenvalue weighted by Crippen LogP contribution is 2.32. The van der Waals surface area contributed by atoms with Crippen molar-refractivity contribution in [1.82, 2.24) is 9.88 Å². The van der Waals surface area contributed by atoms with E-state index in [0.29, 0.717) is 17.4 Å². The van der Waals surface area contributed by atoms with E-state index in [1.54, 1.807) is 7.11 Å². The molecule has 5 nitrogen and oxygen atoms in total. The molecule has 0 spiro atoms. The van der Waals surface area contributed by atoms with Crippen LogP contribution in [0.1, 0.15) is 17.9 Å². The van der Waals surface area contributed by atoms with Gasteiger partial charge in [-0.05, 0) is 30.2 Å². The molecule has 134 valence electrons. The number of amides is 1. The number of hydrogen-bond acceptors (Lipinski definition) is 3. The first-order valence-corrected chi connectivity index (χ1v) is 8.86. The lowest BCUT2D eigenvalue weighted by Gasteiger charge is -2.17. The number of nitrogens with one attached hydrogen (secondary N) is 1. The van der Waals surface area contributed by atoms with E-state index >= 15 is 0 Å². The monoisotopic (exact) mass is 350 g/mol. The number of fused-ring (bicyclic) bond motifs is 1. The zero-order chi connectivity index (χ0) is 17.9. The summed E-state index contributed by atoms with van der Waals surface area (Å²) in [4.78, 5) is 17.8. The Morgan fingerprint density at radius 3 is 2.77 bits per heavy atom. The van der Waals surface area contributed by atoms with Gasteiger partial charge < -0.3 is 19.4 Å². The molecule has 1 aliphatic rings. The quantitative estimate of drug-likeness (QED) is 0.765. The second-order valence-electron chi connectivity index (χ2n) is 6.55. The average molecular weight is 350 g/mol. The van der Waals surface area contributed by atoms with Gasteiger partial charge in [0.1, 0.15) is 0 Å². The lowest BCUT2D eigenvalue weighted by Crippen LogP contribution is -2.32. The van der Waals surface area contributed by atoms with Crippen LogP contribution in [0.4, 0.5) is 0 Å². The van der Waals surface area contributed by atoms with Gasteiger partial charge in [-0.15, -0.1) is 0 Å². The summed E-state index contributed by atoms with van der Waals surface area (Å²) in [5.41, 5.74) is 2.44. The molecule has 26 heavy (non-hydrogen) atoms. The van der Waals surface area contributed by atoms with Gasteiger partial charge in [0.05, 0.1) is 7.11 Å². The molecule has 1 atom stereocenters. The second kappa shape index (κ2) is 7.12. The Morgan fingerprint density at radius 1 is 1.15 bits per heavy atom. The predicted octanol–water partition coefficient (Wildman–Crippen LogP) is 3.57. The average Bonchev–Trinajstić information content (AvgIpc) is 3.33. The summed E-state index contributed by atoms with van der Waals surface area (Å²) in [6.45, 7) is 1.52. The Hall–Kier alpha value is -2.95. The van der Waals surface area contributed by atoms with Crippen LogP contribution in [0.3, 0.4) is 0 Å². The third kappa shape index (κ3) is 3.12. The van der Waals surface area contributed by atoms with Gasteiger partial charge >= 0.3 is 0 Å². The standard InChI is InChI=1S/C21H22N2O3/c1-25-19-8-4-5-9-20(19)26-14-21(24)23-11-10-15(13-23)17-12-22-18-7-3-2-6-16(17)18/h2-9,12,15,22H,10-11,13-14H2,1H3. The van der Waals surface area contributed by atoms with E-state index < -0.39 is 0 Å². The zero-order valence-corrected chi connectivity index (χ0v) is 14.8. The van der Waals surface area contributed by atoms with E-state index in [9.17, 15) is 4.79 Å². The molecular weight excluding hydrogens is 328 g/mol. The summed E-state index contributed by atoms with van der Waals surface area (Å²) in [5.74, 6) is 1.61. The minimum atomic E-state index is 0.0123. The second-order valence-corrected chi connectivity index (χ2v) is 6.55.